The van der Waals surface area contributed by atoms with Crippen LogP contribution in [-0.2, 0) is 14.8 Å². The Hall–Kier alpha value is -1.88. The van der Waals surface area contributed by atoms with E-state index < -0.39 is 39.1 Å². The van der Waals surface area contributed by atoms with Gasteiger partial charge in [0, 0.05) is 12.6 Å². The van der Waals surface area contributed by atoms with Crippen molar-refractivity contribution in [2.45, 2.75) is 37.0 Å². The van der Waals surface area contributed by atoms with Crippen LogP contribution in [0.25, 0.3) is 0 Å². The fourth-order valence-corrected chi connectivity index (χ4v) is 5.17. The summed E-state index contributed by atoms with van der Waals surface area (Å²) in [5.74, 6) is -0.657. The van der Waals surface area contributed by atoms with Gasteiger partial charge in [-0.2, -0.15) is 13.2 Å². The van der Waals surface area contributed by atoms with Crippen LogP contribution in [0.2, 0.25) is 0 Å². The summed E-state index contributed by atoms with van der Waals surface area (Å²) in [5, 5.41) is 0. The number of sulfonamides is 1. The fourth-order valence-electron chi connectivity index (χ4n) is 4.17. The van der Waals surface area contributed by atoms with Gasteiger partial charge >= 0.3 is 6.18 Å². The Kier molecular flexibility index (Phi) is 4.04. The third-order valence-corrected chi connectivity index (χ3v) is 5.80. The maximum Gasteiger partial charge on any atom is 0.414 e. The highest BCUT2D eigenvalue weighted by molar-refractivity contribution is 7.88. The number of hydrogen-bond acceptors (Lipinski definition) is 5. The van der Waals surface area contributed by atoms with Crippen molar-refractivity contribution in [3.8, 4) is 0 Å². The number of nitrogens with one attached hydrogen (secondary N) is 1. The van der Waals surface area contributed by atoms with Crippen molar-refractivity contribution in [2.24, 2.45) is 5.41 Å². The van der Waals surface area contributed by atoms with Crippen molar-refractivity contribution in [1.82, 2.24) is 14.6 Å². The quantitative estimate of drug-likeness (QED) is 0.783. The van der Waals surface area contributed by atoms with Gasteiger partial charge < -0.3 is 10.6 Å². The molecule has 3 saturated carbocycles. The Balaban J connectivity index is 1.78. The van der Waals surface area contributed by atoms with Gasteiger partial charge in [0.05, 0.1) is 29.2 Å². The first-order chi connectivity index (χ1) is 11.8. The van der Waals surface area contributed by atoms with Crippen LogP contribution < -0.4 is 10.5 Å². The second-order valence-electron chi connectivity index (χ2n) is 7.34. The van der Waals surface area contributed by atoms with Crippen LogP contribution >= 0.6 is 0 Å². The Morgan fingerprint density at radius 2 is 1.92 bits per heavy atom. The molecule has 2 bridgehead atoms. The van der Waals surface area contributed by atoms with Gasteiger partial charge in [-0.1, -0.05) is 0 Å². The number of hydrogen-bond donors (Lipinski definition) is 2. The molecule has 26 heavy (non-hydrogen) atoms. The van der Waals surface area contributed by atoms with E-state index in [9.17, 15) is 26.4 Å². The number of anilines is 1. The summed E-state index contributed by atoms with van der Waals surface area (Å²) in [6.45, 7) is 0. The first-order valence-electron chi connectivity index (χ1n) is 7.81. The molecule has 1 atom stereocenters. The minimum Gasteiger partial charge on any atom is -0.397 e. The second-order valence-corrected chi connectivity index (χ2v) is 9.09. The maximum absolute atomic E-state index is 13.6. The van der Waals surface area contributed by atoms with Crippen molar-refractivity contribution in [3.63, 3.8) is 0 Å². The molecule has 7 nitrogen and oxygen atoms in total. The third-order valence-electron chi connectivity index (χ3n) is 4.99. The van der Waals surface area contributed by atoms with Crippen molar-refractivity contribution in [2.75, 3.05) is 19.0 Å². The lowest BCUT2D eigenvalue weighted by atomic mass is 9.39. The highest BCUT2D eigenvalue weighted by Crippen LogP contribution is 2.68. The van der Waals surface area contributed by atoms with Crippen LogP contribution in [-0.4, -0.2) is 49.2 Å². The highest BCUT2D eigenvalue weighted by atomic mass is 32.2. The van der Waals surface area contributed by atoms with Crippen molar-refractivity contribution in [1.29, 1.82) is 0 Å². The Morgan fingerprint density at radius 3 is 2.35 bits per heavy atom. The van der Waals surface area contributed by atoms with E-state index in [0.29, 0.717) is 4.90 Å². The van der Waals surface area contributed by atoms with E-state index in [-0.39, 0.29) is 30.6 Å². The van der Waals surface area contributed by atoms with E-state index in [0.717, 1.165) is 25.6 Å². The number of carbonyl (C=O) groups excluding carboxylic acids is 1. The number of nitrogens with two attached hydrogens (primary N) is 1. The van der Waals surface area contributed by atoms with Gasteiger partial charge in [-0.05, 0) is 31.4 Å². The number of nitrogen functional groups attached to an aromatic ring is 1. The van der Waals surface area contributed by atoms with E-state index in [1.165, 1.54) is 6.07 Å². The summed E-state index contributed by atoms with van der Waals surface area (Å²) in [7, 11) is -2.35. The molecule has 3 aliphatic rings. The molecule has 0 radical (unpaired) electrons. The number of aromatic nitrogens is 1. The molecule has 11 heteroatoms. The van der Waals surface area contributed by atoms with Gasteiger partial charge in [0.25, 0.3) is 0 Å². The molecule has 3 N–H and O–H groups in total. The van der Waals surface area contributed by atoms with E-state index in [4.69, 9.17) is 5.73 Å². The van der Waals surface area contributed by atoms with Gasteiger partial charge in [0.15, 0.2) is 6.04 Å². The third kappa shape index (κ3) is 3.13. The molecule has 144 valence electrons. The molecule has 1 aromatic rings. The highest BCUT2D eigenvalue weighted by Gasteiger charge is 2.73. The topological polar surface area (TPSA) is 105 Å². The lowest BCUT2D eigenvalue weighted by Crippen LogP contribution is -2.78. The van der Waals surface area contributed by atoms with Gasteiger partial charge in [0.2, 0.25) is 15.9 Å². The molecule has 1 heterocycles. The monoisotopic (exact) mass is 392 g/mol. The molecule has 0 unspecified atom stereocenters. The standard InChI is InChI=1S/C15H19F3N4O3S/c1-22(11(15(16,17)18)10-4-3-9(19)5-20-10)12(23)13-6-14(7-13,8-13)21-26(2,24)25/h3-5,11,21H,6-8,19H2,1-2H3/t11-,13?,14?/m0/s1. The summed E-state index contributed by atoms with van der Waals surface area (Å²) >= 11 is 0. The largest absolute Gasteiger partial charge is 0.414 e. The van der Waals surface area contributed by atoms with E-state index in [1.54, 1.807) is 0 Å². The molecule has 1 aromatic heterocycles. The predicted molar refractivity (Wildman–Crippen MR) is 87.2 cm³/mol. The lowest BCUT2D eigenvalue weighted by molar-refractivity contribution is -0.213. The molecular weight excluding hydrogens is 373 g/mol. The van der Waals surface area contributed by atoms with Crippen LogP contribution in [0.5, 0.6) is 0 Å². The average molecular weight is 392 g/mol. The summed E-state index contributed by atoms with van der Waals surface area (Å²) in [6.07, 6.45) is -1.97. The fraction of sp³-hybridized carbons (Fsp3) is 0.600. The molecule has 4 rings (SSSR count). The van der Waals surface area contributed by atoms with Crippen LogP contribution in [0.3, 0.4) is 0 Å². The van der Waals surface area contributed by atoms with Gasteiger partial charge in [-0.15, -0.1) is 0 Å². The number of halogens is 3. The summed E-state index contributed by atoms with van der Waals surface area (Å²) < 4.78 is 65.9. The zero-order valence-corrected chi connectivity index (χ0v) is 15.0. The minimum atomic E-state index is -4.71. The smallest absolute Gasteiger partial charge is 0.397 e. The van der Waals surface area contributed by atoms with Crippen molar-refractivity contribution < 1.29 is 26.4 Å². The second kappa shape index (κ2) is 5.56. The molecular formula is C15H19F3N4O3S. The Morgan fingerprint density at radius 1 is 1.35 bits per heavy atom. The summed E-state index contributed by atoms with van der Waals surface area (Å²) in [6, 6.07) is 0.251. The SMILES string of the molecule is CN(C(=O)C12CC(NS(C)(=O)=O)(C1)C2)[C@@H](c1ccc(N)cn1)C(F)(F)F. The first-order valence-corrected chi connectivity index (χ1v) is 9.71. The summed E-state index contributed by atoms with van der Waals surface area (Å²) in [4.78, 5) is 17.1. The van der Waals surface area contributed by atoms with Crippen LogP contribution in [0.1, 0.15) is 31.0 Å². The molecule has 3 fully saturated rings. The van der Waals surface area contributed by atoms with Crippen molar-refractivity contribution in [3.05, 3.63) is 24.0 Å². The van der Waals surface area contributed by atoms with Crippen LogP contribution in [0.15, 0.2) is 18.3 Å². The van der Waals surface area contributed by atoms with E-state index >= 15 is 0 Å². The molecule has 0 aliphatic heterocycles. The number of rotatable bonds is 5. The Labute approximate surface area is 148 Å². The lowest BCUT2D eigenvalue weighted by Gasteiger charge is -2.69. The summed E-state index contributed by atoms with van der Waals surface area (Å²) in [5.41, 5.74) is 3.72. The molecule has 1 amide bonds. The molecule has 0 aromatic carbocycles. The normalized spacial score (nSPS) is 28.7. The number of carbonyl (C=O) groups is 1. The molecule has 3 aliphatic carbocycles. The van der Waals surface area contributed by atoms with Gasteiger partial charge in [-0.25, -0.2) is 13.1 Å². The number of pyridine rings is 1. The van der Waals surface area contributed by atoms with Gasteiger partial charge in [-0.3, -0.25) is 9.78 Å². The van der Waals surface area contributed by atoms with Crippen molar-refractivity contribution >= 4 is 21.6 Å². The van der Waals surface area contributed by atoms with E-state index in [2.05, 4.69) is 9.71 Å². The first kappa shape index (κ1) is 18.9. The molecule has 0 spiro atoms. The number of alkyl halides is 3. The molecule has 0 saturated heterocycles. The van der Waals surface area contributed by atoms with E-state index in [1.807, 2.05) is 0 Å². The predicted octanol–water partition coefficient (Wildman–Crippen LogP) is 1.20. The average Bonchev–Trinajstić information content (AvgIpc) is 2.40. The van der Waals surface area contributed by atoms with Gasteiger partial charge in [0.1, 0.15) is 0 Å². The number of nitrogens with zero attached hydrogens (tertiary/aromatic N) is 2. The zero-order valence-electron chi connectivity index (χ0n) is 14.2. The van der Waals surface area contributed by atoms with Crippen LogP contribution in [0.4, 0.5) is 18.9 Å². The van der Waals surface area contributed by atoms with Crippen LogP contribution in [0, 0.1) is 5.41 Å². The minimum absolute atomic E-state index is 0.204. The Bertz CT molecular complexity index is 819. The maximum atomic E-state index is 13.6. The number of amides is 1. The zero-order chi connectivity index (χ0) is 19.5.